The van der Waals surface area contributed by atoms with Crippen LogP contribution in [0.1, 0.15) is 17.2 Å². The molecule has 2 amide bonds. The zero-order chi connectivity index (χ0) is 25.2. The Balaban J connectivity index is 1.59. The molecule has 1 aliphatic rings. The van der Waals surface area contributed by atoms with Crippen LogP contribution in [0.2, 0.25) is 0 Å². The number of rotatable bonds is 7. The molecule has 182 valence electrons. The van der Waals surface area contributed by atoms with Crippen molar-refractivity contribution >= 4 is 22.0 Å². The van der Waals surface area contributed by atoms with E-state index in [1.165, 1.54) is 36.4 Å². The predicted molar refractivity (Wildman–Crippen MR) is 119 cm³/mol. The first-order valence-electron chi connectivity index (χ1n) is 10.4. The van der Waals surface area contributed by atoms with Crippen molar-refractivity contribution in [3.63, 3.8) is 0 Å². The highest BCUT2D eigenvalue weighted by atomic mass is 32.2. The molecule has 7 nitrogen and oxygen atoms in total. The minimum absolute atomic E-state index is 0.135. The van der Waals surface area contributed by atoms with Gasteiger partial charge in [0.2, 0.25) is 10.0 Å². The number of nitrogens with one attached hydrogen (secondary N) is 1. The van der Waals surface area contributed by atoms with Crippen LogP contribution in [0.3, 0.4) is 0 Å². The van der Waals surface area contributed by atoms with Crippen LogP contribution < -0.4 is 4.72 Å². The van der Waals surface area contributed by atoms with Crippen molar-refractivity contribution in [2.45, 2.75) is 17.1 Å². The maximum Gasteiger partial charge on any atom is 0.417 e. The molecule has 0 radical (unpaired) electrons. The van der Waals surface area contributed by atoms with Crippen LogP contribution in [0, 0.1) is 0 Å². The van der Waals surface area contributed by atoms with Gasteiger partial charge in [-0.3, -0.25) is 4.79 Å². The number of sulfonamides is 1. The third-order valence-corrected chi connectivity index (χ3v) is 6.88. The average Bonchev–Trinajstić information content (AvgIpc) is 3.16. The molecule has 1 unspecified atom stereocenters. The summed E-state index contributed by atoms with van der Waals surface area (Å²) in [5.41, 5.74) is 0.392. The molecule has 35 heavy (non-hydrogen) atoms. The van der Waals surface area contributed by atoms with Gasteiger partial charge in [-0.1, -0.05) is 54.6 Å². The fraction of sp³-hybridized carbons (Fsp3) is 0.167. The second-order valence-electron chi connectivity index (χ2n) is 7.75. The number of hydrogen-bond acceptors (Lipinski definition) is 5. The number of hydrogen-bond donors (Lipinski definition) is 1. The van der Waals surface area contributed by atoms with Crippen molar-refractivity contribution in [3.8, 4) is 11.1 Å². The third kappa shape index (κ3) is 5.52. The van der Waals surface area contributed by atoms with Crippen LogP contribution in [-0.4, -0.2) is 38.5 Å². The van der Waals surface area contributed by atoms with Gasteiger partial charge in [-0.05, 0) is 41.0 Å². The maximum atomic E-state index is 13.1. The second-order valence-corrected chi connectivity index (χ2v) is 9.46. The fourth-order valence-electron chi connectivity index (χ4n) is 3.59. The molecular weight excluding hydrogens is 485 g/mol. The van der Waals surface area contributed by atoms with Crippen molar-refractivity contribution in [1.29, 1.82) is 0 Å². The highest BCUT2D eigenvalue weighted by Gasteiger charge is 2.35. The van der Waals surface area contributed by atoms with E-state index >= 15 is 0 Å². The first-order valence-corrected chi connectivity index (χ1v) is 11.8. The lowest BCUT2D eigenvalue weighted by Crippen LogP contribution is -2.40. The molecule has 0 aliphatic carbocycles. The minimum Gasteiger partial charge on any atom is -0.439 e. The van der Waals surface area contributed by atoms with Crippen molar-refractivity contribution < 1.29 is 35.9 Å². The van der Waals surface area contributed by atoms with Crippen LogP contribution in [0.15, 0.2) is 83.8 Å². The van der Waals surface area contributed by atoms with Crippen LogP contribution in [0.25, 0.3) is 11.1 Å². The van der Waals surface area contributed by atoms with Gasteiger partial charge in [0.25, 0.3) is 5.91 Å². The molecule has 3 aromatic carbocycles. The first kappa shape index (κ1) is 24.4. The summed E-state index contributed by atoms with van der Waals surface area (Å²) in [7, 11) is -4.13. The number of benzene rings is 3. The number of ether oxygens (including phenoxy) is 1. The fourth-order valence-corrected chi connectivity index (χ4v) is 4.81. The molecule has 3 aromatic rings. The van der Waals surface area contributed by atoms with E-state index in [-0.39, 0.29) is 17.0 Å². The number of imide groups is 1. The topological polar surface area (TPSA) is 92.8 Å². The van der Waals surface area contributed by atoms with Gasteiger partial charge in [0.05, 0.1) is 23.0 Å². The lowest BCUT2D eigenvalue weighted by atomic mass is 10.0. The summed E-state index contributed by atoms with van der Waals surface area (Å²) in [4.78, 5) is 24.6. The highest BCUT2D eigenvalue weighted by Crippen LogP contribution is 2.32. The van der Waals surface area contributed by atoms with Crippen LogP contribution in [0.4, 0.5) is 18.0 Å². The molecule has 0 spiro atoms. The van der Waals surface area contributed by atoms with Crippen molar-refractivity contribution in [2.24, 2.45) is 0 Å². The first-order chi connectivity index (χ1) is 16.5. The summed E-state index contributed by atoms with van der Waals surface area (Å²) in [5, 5.41) is 0. The molecule has 1 heterocycles. The van der Waals surface area contributed by atoms with E-state index in [1.807, 2.05) is 0 Å². The third-order valence-electron chi connectivity index (χ3n) is 5.39. The zero-order valence-corrected chi connectivity index (χ0v) is 18.8. The largest absolute Gasteiger partial charge is 0.439 e. The quantitative estimate of drug-likeness (QED) is 0.516. The number of nitrogens with zero attached hydrogens (tertiary/aromatic N) is 1. The van der Waals surface area contributed by atoms with Crippen LogP contribution in [-0.2, 0) is 25.7 Å². The summed E-state index contributed by atoms with van der Waals surface area (Å²) in [6.45, 7) is -0.687. The van der Waals surface area contributed by atoms with Gasteiger partial charge in [-0.15, -0.1) is 0 Å². The average molecular weight is 504 g/mol. The molecule has 1 fully saturated rings. The van der Waals surface area contributed by atoms with Crippen molar-refractivity contribution in [3.05, 3.63) is 90.0 Å². The summed E-state index contributed by atoms with van der Waals surface area (Å²) in [6, 6.07) is 17.5. The number of amides is 2. The standard InChI is InChI=1S/C24H19F3N2O5S/c25-24(26,27)19-8-4-7-18(13-19)16-9-11-20(12-10-16)35(32,33)28-21(17-5-2-1-3-6-17)14-29-22(30)15-34-23(29)31/h1-13,21,28H,14-15H2. The van der Waals surface area contributed by atoms with Gasteiger partial charge < -0.3 is 4.74 Å². The molecule has 0 aromatic heterocycles. The smallest absolute Gasteiger partial charge is 0.417 e. The normalized spacial score (nSPS) is 15.2. The lowest BCUT2D eigenvalue weighted by Gasteiger charge is -2.22. The van der Waals surface area contributed by atoms with E-state index in [0.29, 0.717) is 11.1 Å². The Labute approximate surface area is 199 Å². The van der Waals surface area contributed by atoms with E-state index in [9.17, 15) is 31.2 Å². The monoisotopic (exact) mass is 504 g/mol. The summed E-state index contributed by atoms with van der Waals surface area (Å²) in [6.07, 6.45) is -5.36. The minimum atomic E-state index is -4.50. The van der Waals surface area contributed by atoms with E-state index in [2.05, 4.69) is 4.72 Å². The molecular formula is C24H19F3N2O5S. The van der Waals surface area contributed by atoms with E-state index < -0.39 is 46.4 Å². The van der Waals surface area contributed by atoms with Gasteiger partial charge in [0.15, 0.2) is 6.61 Å². The number of alkyl halides is 3. The zero-order valence-electron chi connectivity index (χ0n) is 18.0. The Bertz CT molecular complexity index is 1330. The van der Waals surface area contributed by atoms with Gasteiger partial charge in [0.1, 0.15) is 0 Å². The Morgan fingerprint density at radius 2 is 1.60 bits per heavy atom. The van der Waals surface area contributed by atoms with E-state index in [0.717, 1.165) is 17.0 Å². The van der Waals surface area contributed by atoms with E-state index in [1.54, 1.807) is 30.3 Å². The second kappa shape index (κ2) is 9.51. The highest BCUT2D eigenvalue weighted by molar-refractivity contribution is 7.89. The van der Waals surface area contributed by atoms with Gasteiger partial charge >= 0.3 is 12.3 Å². The molecule has 0 saturated carbocycles. The Kier molecular flexibility index (Phi) is 6.64. The maximum absolute atomic E-state index is 13.1. The van der Waals surface area contributed by atoms with Gasteiger partial charge in [-0.25, -0.2) is 22.8 Å². The van der Waals surface area contributed by atoms with Gasteiger partial charge in [0, 0.05) is 0 Å². The molecule has 1 aliphatic heterocycles. The molecule has 1 N–H and O–H groups in total. The van der Waals surface area contributed by atoms with Crippen molar-refractivity contribution in [2.75, 3.05) is 13.2 Å². The summed E-state index contributed by atoms with van der Waals surface area (Å²) in [5.74, 6) is -0.583. The molecule has 11 heteroatoms. The van der Waals surface area contributed by atoms with Gasteiger partial charge in [-0.2, -0.15) is 13.2 Å². The van der Waals surface area contributed by atoms with Crippen LogP contribution >= 0.6 is 0 Å². The molecule has 1 atom stereocenters. The summed E-state index contributed by atoms with van der Waals surface area (Å²) < 4.78 is 72.5. The Morgan fingerprint density at radius 1 is 0.914 bits per heavy atom. The number of carbonyl (C=O) groups excluding carboxylic acids is 2. The van der Waals surface area contributed by atoms with Crippen molar-refractivity contribution in [1.82, 2.24) is 9.62 Å². The Morgan fingerprint density at radius 3 is 2.20 bits per heavy atom. The number of carbonyl (C=O) groups is 2. The summed E-state index contributed by atoms with van der Waals surface area (Å²) >= 11 is 0. The molecule has 4 rings (SSSR count). The van der Waals surface area contributed by atoms with E-state index in [4.69, 9.17) is 4.74 Å². The predicted octanol–water partition coefficient (Wildman–Crippen LogP) is 4.37. The number of halogens is 3. The molecule has 0 bridgehead atoms. The van der Waals surface area contributed by atoms with Crippen LogP contribution in [0.5, 0.6) is 0 Å². The number of cyclic esters (lactones) is 1. The SMILES string of the molecule is O=C1COC(=O)N1CC(NS(=O)(=O)c1ccc(-c2cccc(C(F)(F)F)c2)cc1)c1ccccc1. The lowest BCUT2D eigenvalue weighted by molar-refractivity contribution is -0.137. The Hall–Kier alpha value is -3.70. The molecule has 1 saturated heterocycles.